The van der Waals surface area contributed by atoms with Gasteiger partial charge in [0.25, 0.3) is 0 Å². The highest BCUT2D eigenvalue weighted by Gasteiger charge is 2.12. The van der Waals surface area contributed by atoms with E-state index in [4.69, 9.17) is 12.2 Å². The molecule has 0 aliphatic rings. The number of hydrogen-bond acceptors (Lipinski definition) is 3. The fraction of sp³-hybridized carbons (Fsp3) is 0.250. The molecule has 6 heteroatoms. The molecule has 1 aromatic heterocycles. The van der Waals surface area contributed by atoms with Gasteiger partial charge in [0, 0.05) is 12.1 Å². The molecule has 5 nitrogen and oxygen atoms in total. The van der Waals surface area contributed by atoms with Gasteiger partial charge < -0.3 is 5.32 Å². The van der Waals surface area contributed by atoms with Crippen molar-refractivity contribution >= 4 is 18.1 Å². The molecule has 2 aromatic carbocycles. The number of carbonyl (C=O) groups excluding carboxylic acids is 1. The van der Waals surface area contributed by atoms with Crippen molar-refractivity contribution in [1.82, 2.24) is 20.1 Å². The van der Waals surface area contributed by atoms with E-state index in [0.29, 0.717) is 17.1 Å². The Balaban J connectivity index is 1.72. The zero-order valence-electron chi connectivity index (χ0n) is 15.2. The van der Waals surface area contributed by atoms with E-state index in [9.17, 15) is 4.79 Å². The van der Waals surface area contributed by atoms with Crippen molar-refractivity contribution in [3.05, 3.63) is 69.5 Å². The Labute approximate surface area is 158 Å². The first-order chi connectivity index (χ1) is 12.4. The van der Waals surface area contributed by atoms with Crippen LogP contribution in [0, 0.1) is 25.5 Å². The molecule has 0 aliphatic carbocycles. The number of aromatic nitrogens is 3. The fourth-order valence-corrected chi connectivity index (χ4v) is 3.02. The summed E-state index contributed by atoms with van der Waals surface area (Å²) in [5, 5.41) is 10.0. The predicted molar refractivity (Wildman–Crippen MR) is 105 cm³/mol. The van der Waals surface area contributed by atoms with Crippen LogP contribution in [-0.2, 0) is 17.9 Å². The molecule has 0 spiro atoms. The van der Waals surface area contributed by atoms with Gasteiger partial charge in [0.05, 0.1) is 0 Å². The Morgan fingerprint density at radius 1 is 1.12 bits per heavy atom. The minimum Gasteiger partial charge on any atom is -0.350 e. The van der Waals surface area contributed by atoms with E-state index in [1.54, 1.807) is 4.57 Å². The number of hydrogen-bond donors (Lipinski definition) is 2. The third kappa shape index (κ3) is 4.08. The number of aryl methyl sites for hydroxylation is 3. The number of amides is 1. The summed E-state index contributed by atoms with van der Waals surface area (Å²) < 4.78 is 2.15. The van der Waals surface area contributed by atoms with Crippen molar-refractivity contribution in [1.29, 1.82) is 0 Å². The van der Waals surface area contributed by atoms with Crippen molar-refractivity contribution in [3.63, 3.8) is 0 Å². The van der Waals surface area contributed by atoms with Crippen LogP contribution in [0.4, 0.5) is 0 Å². The lowest BCUT2D eigenvalue weighted by atomic mass is 10.1. The Morgan fingerprint density at radius 3 is 2.50 bits per heavy atom. The van der Waals surface area contributed by atoms with Gasteiger partial charge in [-0.2, -0.15) is 5.10 Å². The lowest BCUT2D eigenvalue weighted by molar-refractivity contribution is -0.121. The standard InChI is InChI=1S/C20H22N4OS/c1-13-4-7-16(8-5-13)19-22-23-20(26)24(19)12-18(25)21-11-17-9-6-14(2)10-15(17)3/h4-10H,11-12H2,1-3H3,(H,21,25)(H,23,26). The molecule has 0 bridgehead atoms. The second-order valence-corrected chi connectivity index (χ2v) is 6.90. The maximum Gasteiger partial charge on any atom is 0.240 e. The van der Waals surface area contributed by atoms with Crippen molar-refractivity contribution < 1.29 is 4.79 Å². The average molecular weight is 366 g/mol. The van der Waals surface area contributed by atoms with E-state index in [0.717, 1.165) is 11.1 Å². The Kier molecular flexibility index (Phi) is 5.32. The first-order valence-corrected chi connectivity index (χ1v) is 8.90. The van der Waals surface area contributed by atoms with Crippen LogP contribution < -0.4 is 5.32 Å². The fourth-order valence-electron chi connectivity index (χ4n) is 2.82. The molecule has 3 rings (SSSR count). The predicted octanol–water partition coefficient (Wildman–Crippen LogP) is 3.85. The van der Waals surface area contributed by atoms with E-state index < -0.39 is 0 Å². The maximum atomic E-state index is 12.4. The molecule has 0 radical (unpaired) electrons. The summed E-state index contributed by atoms with van der Waals surface area (Å²) in [5.74, 6) is 0.563. The lowest BCUT2D eigenvalue weighted by Crippen LogP contribution is -2.27. The van der Waals surface area contributed by atoms with Crippen LogP contribution in [0.25, 0.3) is 11.4 Å². The second kappa shape index (κ2) is 7.66. The molecule has 1 amide bonds. The molecule has 134 valence electrons. The van der Waals surface area contributed by atoms with Crippen molar-refractivity contribution in [2.24, 2.45) is 0 Å². The SMILES string of the molecule is Cc1ccc(-c2n[nH]c(=S)n2CC(=O)NCc2ccc(C)cc2C)cc1. The third-order valence-electron chi connectivity index (χ3n) is 4.34. The highest BCUT2D eigenvalue weighted by Crippen LogP contribution is 2.18. The third-order valence-corrected chi connectivity index (χ3v) is 4.66. The molecule has 0 unspecified atom stereocenters. The van der Waals surface area contributed by atoms with Crippen LogP contribution in [0.3, 0.4) is 0 Å². The van der Waals surface area contributed by atoms with E-state index in [1.807, 2.05) is 37.3 Å². The van der Waals surface area contributed by atoms with Gasteiger partial charge in [0.2, 0.25) is 5.91 Å². The number of benzene rings is 2. The summed E-state index contributed by atoms with van der Waals surface area (Å²) in [4.78, 5) is 12.4. The van der Waals surface area contributed by atoms with Crippen LogP contribution in [0.15, 0.2) is 42.5 Å². The summed E-state index contributed by atoms with van der Waals surface area (Å²) in [6.07, 6.45) is 0. The van der Waals surface area contributed by atoms with Gasteiger partial charge in [-0.3, -0.25) is 14.5 Å². The van der Waals surface area contributed by atoms with Crippen LogP contribution >= 0.6 is 12.2 Å². The lowest BCUT2D eigenvalue weighted by Gasteiger charge is -2.10. The number of nitrogens with one attached hydrogen (secondary N) is 2. The van der Waals surface area contributed by atoms with Gasteiger partial charge in [-0.25, -0.2) is 0 Å². The van der Waals surface area contributed by atoms with Crippen molar-refractivity contribution in [2.75, 3.05) is 0 Å². The molecule has 1 heterocycles. The zero-order chi connectivity index (χ0) is 18.7. The van der Waals surface area contributed by atoms with Gasteiger partial charge in [0.15, 0.2) is 10.6 Å². The first-order valence-electron chi connectivity index (χ1n) is 8.49. The zero-order valence-corrected chi connectivity index (χ0v) is 16.0. The quantitative estimate of drug-likeness (QED) is 0.674. The summed E-state index contributed by atoms with van der Waals surface area (Å²) >= 11 is 5.29. The highest BCUT2D eigenvalue weighted by atomic mass is 32.1. The van der Waals surface area contributed by atoms with Gasteiger partial charge in [-0.15, -0.1) is 0 Å². The molecular formula is C20H22N4OS. The number of nitrogens with zero attached hydrogens (tertiary/aromatic N) is 2. The Bertz CT molecular complexity index is 986. The van der Waals surface area contributed by atoms with Gasteiger partial charge in [0.1, 0.15) is 6.54 Å². The number of carbonyl (C=O) groups is 1. The van der Waals surface area contributed by atoms with Gasteiger partial charge in [-0.1, -0.05) is 53.6 Å². The molecular weight excluding hydrogens is 344 g/mol. The normalized spacial score (nSPS) is 10.7. The number of H-pyrrole nitrogens is 1. The van der Waals surface area contributed by atoms with E-state index in [2.05, 4.69) is 41.5 Å². The minimum atomic E-state index is -0.101. The number of aromatic amines is 1. The van der Waals surface area contributed by atoms with Crippen molar-refractivity contribution in [3.8, 4) is 11.4 Å². The molecule has 0 atom stereocenters. The summed E-state index contributed by atoms with van der Waals surface area (Å²) in [6.45, 7) is 6.76. The maximum absolute atomic E-state index is 12.4. The summed E-state index contributed by atoms with van der Waals surface area (Å²) in [7, 11) is 0. The molecule has 0 aliphatic heterocycles. The molecule has 0 saturated carbocycles. The molecule has 2 N–H and O–H groups in total. The summed E-state index contributed by atoms with van der Waals surface area (Å²) in [6, 6.07) is 14.2. The van der Waals surface area contributed by atoms with Crippen LogP contribution in [0.2, 0.25) is 0 Å². The molecule has 3 aromatic rings. The van der Waals surface area contributed by atoms with Crippen LogP contribution in [0.5, 0.6) is 0 Å². The first kappa shape index (κ1) is 18.1. The van der Waals surface area contributed by atoms with Crippen LogP contribution in [-0.4, -0.2) is 20.7 Å². The van der Waals surface area contributed by atoms with Gasteiger partial charge >= 0.3 is 0 Å². The molecule has 26 heavy (non-hydrogen) atoms. The summed E-state index contributed by atoms with van der Waals surface area (Å²) in [5.41, 5.74) is 5.58. The highest BCUT2D eigenvalue weighted by molar-refractivity contribution is 7.71. The number of rotatable bonds is 5. The van der Waals surface area contributed by atoms with Gasteiger partial charge in [-0.05, 0) is 44.1 Å². The Hall–Kier alpha value is -2.73. The largest absolute Gasteiger partial charge is 0.350 e. The average Bonchev–Trinajstić information content (AvgIpc) is 2.95. The topological polar surface area (TPSA) is 62.7 Å². The molecule has 0 saturated heterocycles. The van der Waals surface area contributed by atoms with E-state index >= 15 is 0 Å². The second-order valence-electron chi connectivity index (χ2n) is 6.51. The molecule has 0 fully saturated rings. The van der Waals surface area contributed by atoms with E-state index in [1.165, 1.54) is 16.7 Å². The van der Waals surface area contributed by atoms with Crippen molar-refractivity contribution in [2.45, 2.75) is 33.9 Å². The monoisotopic (exact) mass is 366 g/mol. The van der Waals surface area contributed by atoms with E-state index in [-0.39, 0.29) is 12.5 Å². The Morgan fingerprint density at radius 2 is 1.81 bits per heavy atom. The minimum absolute atomic E-state index is 0.101. The van der Waals surface area contributed by atoms with Crippen LogP contribution in [0.1, 0.15) is 22.3 Å². The smallest absolute Gasteiger partial charge is 0.240 e.